The molecule has 3 N–H and O–H groups in total. The summed E-state index contributed by atoms with van der Waals surface area (Å²) in [6.45, 7) is 0. The summed E-state index contributed by atoms with van der Waals surface area (Å²) >= 11 is 36.9. The molecule has 1 aliphatic rings. The van der Waals surface area contributed by atoms with Gasteiger partial charge in [0.05, 0.1) is 37.3 Å². The van der Waals surface area contributed by atoms with Crippen molar-refractivity contribution in [3.63, 3.8) is 0 Å². The van der Waals surface area contributed by atoms with Crippen molar-refractivity contribution in [2.24, 2.45) is 5.92 Å². The maximum atomic E-state index is 14.8. The molecule has 3 aromatic carbocycles. The van der Waals surface area contributed by atoms with Crippen LogP contribution in [0.5, 0.6) is 0 Å². The van der Waals surface area contributed by atoms with Crippen molar-refractivity contribution in [1.29, 1.82) is 0 Å². The molecule has 0 spiro atoms. The fourth-order valence-corrected chi connectivity index (χ4v) is 5.60. The van der Waals surface area contributed by atoms with Gasteiger partial charge in [-0.3, -0.25) is 14.4 Å². The van der Waals surface area contributed by atoms with E-state index in [9.17, 15) is 36.3 Å². The lowest BCUT2D eigenvalue weighted by atomic mass is 10.1. The van der Waals surface area contributed by atoms with E-state index in [-0.39, 0.29) is 31.3 Å². The summed E-state index contributed by atoms with van der Waals surface area (Å²) in [5, 5.41) is 5.74. The Morgan fingerprint density at radius 1 is 0.810 bits per heavy atom. The molecule has 17 heteroatoms. The topological polar surface area (TPSA) is 87.3 Å². The van der Waals surface area contributed by atoms with E-state index >= 15 is 0 Å². The van der Waals surface area contributed by atoms with Crippen LogP contribution in [0.25, 0.3) is 0 Å². The van der Waals surface area contributed by atoms with Gasteiger partial charge in [0, 0.05) is 11.6 Å². The number of hydrogen-bond donors (Lipinski definition) is 3. The molecule has 0 saturated heterocycles. The minimum atomic E-state index is -5.36. The second kappa shape index (κ2) is 11.9. The minimum Gasteiger partial charge on any atom is -0.326 e. The van der Waals surface area contributed by atoms with E-state index in [1.807, 2.05) is 5.32 Å². The number of carbonyl (C=O) groups excluding carboxylic acids is 3. The molecule has 4 rings (SSSR count). The van der Waals surface area contributed by atoms with Gasteiger partial charge in [0.2, 0.25) is 5.91 Å². The van der Waals surface area contributed by atoms with E-state index in [4.69, 9.17) is 69.6 Å². The van der Waals surface area contributed by atoms with Crippen LogP contribution in [-0.4, -0.2) is 28.2 Å². The molecule has 6 nitrogen and oxygen atoms in total. The van der Waals surface area contributed by atoms with Crippen LogP contribution in [0.3, 0.4) is 0 Å². The average molecular weight is 710 g/mol. The lowest BCUT2D eigenvalue weighted by Crippen LogP contribution is -2.30. The van der Waals surface area contributed by atoms with Gasteiger partial charge in [0.25, 0.3) is 5.91 Å². The van der Waals surface area contributed by atoms with Crippen LogP contribution in [0.2, 0.25) is 20.1 Å². The van der Waals surface area contributed by atoms with Crippen molar-refractivity contribution < 1.29 is 36.3 Å². The molecule has 0 aromatic heterocycles. The van der Waals surface area contributed by atoms with Gasteiger partial charge in [0.15, 0.2) is 5.82 Å². The Kier molecular flexibility index (Phi) is 9.14. The number of carbonyl (C=O) groups is 3. The standard InChI is InChI=1S/C25H12Cl6F5N3O3/c26-11-2-1-9(37-22(41)17-16(24(17,30)31)8-5-12(27)18(29)13(28)6-8)7-10(11)21(40)39-20-14(32)3-4-15(19(20)33)38-23(42)25(34,35)36/h1-7,16-17H,(H,37,41)(H,38,42)(H,39,40)/t16?,17-/m1/s1. The number of nitrogens with one attached hydrogen (secondary N) is 3. The zero-order valence-electron chi connectivity index (χ0n) is 20.1. The fourth-order valence-electron chi connectivity index (χ4n) is 3.96. The summed E-state index contributed by atoms with van der Waals surface area (Å²) in [5.74, 6) is -9.19. The van der Waals surface area contributed by atoms with Crippen molar-refractivity contribution in [3.05, 3.63) is 85.3 Å². The molecule has 0 heterocycles. The Hall–Kier alpha value is -2.54. The summed E-state index contributed by atoms with van der Waals surface area (Å²) in [7, 11) is 0. The van der Waals surface area contributed by atoms with Crippen LogP contribution in [-0.2, 0) is 9.59 Å². The third-order valence-corrected chi connectivity index (χ3v) is 8.48. The fraction of sp³-hybridized carbons (Fsp3) is 0.160. The lowest BCUT2D eigenvalue weighted by molar-refractivity contribution is -0.167. The first-order valence-corrected chi connectivity index (χ1v) is 13.5. The molecule has 2 atom stereocenters. The minimum absolute atomic E-state index is 0.00337. The molecular formula is C25H12Cl6F5N3O3. The van der Waals surface area contributed by atoms with Gasteiger partial charge >= 0.3 is 12.1 Å². The number of halogens is 11. The molecule has 222 valence electrons. The molecular weight excluding hydrogens is 698 g/mol. The van der Waals surface area contributed by atoms with Gasteiger partial charge in [-0.1, -0.05) is 46.4 Å². The Labute approximate surface area is 263 Å². The van der Waals surface area contributed by atoms with Crippen molar-refractivity contribution in [2.75, 3.05) is 16.0 Å². The highest BCUT2D eigenvalue weighted by atomic mass is 35.5. The van der Waals surface area contributed by atoms with Crippen LogP contribution >= 0.6 is 69.6 Å². The third kappa shape index (κ3) is 6.51. The number of alkyl halides is 5. The number of anilines is 3. The Balaban J connectivity index is 1.53. The second-order valence-electron chi connectivity index (χ2n) is 8.80. The van der Waals surface area contributed by atoms with Crippen LogP contribution in [0.1, 0.15) is 21.8 Å². The lowest BCUT2D eigenvalue weighted by Gasteiger charge is -2.14. The number of rotatable bonds is 6. The zero-order chi connectivity index (χ0) is 31.3. The predicted octanol–water partition coefficient (Wildman–Crippen LogP) is 8.86. The van der Waals surface area contributed by atoms with Crippen LogP contribution in [0.4, 0.5) is 39.0 Å². The highest BCUT2D eigenvalue weighted by Gasteiger charge is 2.67. The van der Waals surface area contributed by atoms with Crippen LogP contribution in [0.15, 0.2) is 42.5 Å². The van der Waals surface area contributed by atoms with Crippen molar-refractivity contribution in [3.8, 4) is 0 Å². The first kappa shape index (κ1) is 32.4. The molecule has 1 unspecified atom stereocenters. The highest BCUT2D eigenvalue weighted by Crippen LogP contribution is 2.65. The van der Waals surface area contributed by atoms with E-state index in [1.165, 1.54) is 29.6 Å². The van der Waals surface area contributed by atoms with Gasteiger partial charge in [-0.15, -0.1) is 23.2 Å². The van der Waals surface area contributed by atoms with Gasteiger partial charge in [-0.05, 0) is 48.0 Å². The van der Waals surface area contributed by atoms with Gasteiger partial charge in [0.1, 0.15) is 15.8 Å². The molecule has 3 amide bonds. The van der Waals surface area contributed by atoms with Gasteiger partial charge in [-0.2, -0.15) is 13.2 Å². The molecule has 3 aromatic rings. The molecule has 0 radical (unpaired) electrons. The third-order valence-electron chi connectivity index (χ3n) is 6.02. The summed E-state index contributed by atoms with van der Waals surface area (Å²) < 4.78 is 65.2. The maximum Gasteiger partial charge on any atom is 0.471 e. The number of hydrogen-bond acceptors (Lipinski definition) is 3. The summed E-state index contributed by atoms with van der Waals surface area (Å²) in [5.41, 5.74) is -2.16. The van der Waals surface area contributed by atoms with Crippen molar-refractivity contribution in [2.45, 2.75) is 16.4 Å². The van der Waals surface area contributed by atoms with E-state index in [2.05, 4.69) is 5.32 Å². The quantitative estimate of drug-likeness (QED) is 0.136. The summed E-state index contributed by atoms with van der Waals surface area (Å²) in [4.78, 5) is 37.1. The molecule has 0 bridgehead atoms. The molecule has 0 aliphatic heterocycles. The van der Waals surface area contributed by atoms with E-state index in [0.717, 1.165) is 6.07 Å². The van der Waals surface area contributed by atoms with E-state index < -0.39 is 63.1 Å². The van der Waals surface area contributed by atoms with Crippen LogP contribution < -0.4 is 16.0 Å². The Morgan fingerprint density at radius 3 is 2.02 bits per heavy atom. The SMILES string of the molecule is O=C(Nc1c(F)ccc(NC(=O)C(F)(F)F)c1F)c1cc(NC(=O)[C@H]2C(c3cc(Cl)c(Cl)c(Cl)c3)C2(Cl)Cl)ccc1Cl. The largest absolute Gasteiger partial charge is 0.471 e. The zero-order valence-corrected chi connectivity index (χ0v) is 24.6. The van der Waals surface area contributed by atoms with Gasteiger partial charge < -0.3 is 16.0 Å². The highest BCUT2D eigenvalue weighted by molar-refractivity contribution is 6.54. The predicted molar refractivity (Wildman–Crippen MR) is 151 cm³/mol. The monoisotopic (exact) mass is 707 g/mol. The molecule has 1 aliphatic carbocycles. The van der Waals surface area contributed by atoms with Crippen molar-refractivity contribution in [1.82, 2.24) is 0 Å². The summed E-state index contributed by atoms with van der Waals surface area (Å²) in [6.07, 6.45) is -5.36. The van der Waals surface area contributed by atoms with Crippen molar-refractivity contribution >= 4 is 104 Å². The molecule has 42 heavy (non-hydrogen) atoms. The maximum absolute atomic E-state index is 14.8. The Morgan fingerprint density at radius 2 is 1.43 bits per heavy atom. The number of amides is 3. The number of benzene rings is 3. The first-order valence-electron chi connectivity index (χ1n) is 11.2. The van der Waals surface area contributed by atoms with E-state index in [1.54, 1.807) is 0 Å². The summed E-state index contributed by atoms with van der Waals surface area (Å²) in [6, 6.07) is 7.55. The van der Waals surface area contributed by atoms with E-state index in [0.29, 0.717) is 17.7 Å². The Bertz CT molecular complexity index is 1610. The second-order valence-corrected chi connectivity index (χ2v) is 11.8. The average Bonchev–Trinajstić information content (AvgIpc) is 3.48. The molecule has 1 saturated carbocycles. The smallest absolute Gasteiger partial charge is 0.326 e. The van der Waals surface area contributed by atoms with Crippen LogP contribution in [0, 0.1) is 17.6 Å². The first-order chi connectivity index (χ1) is 19.4. The molecule has 1 fully saturated rings. The normalized spacial score (nSPS) is 17.4. The van der Waals surface area contributed by atoms with Gasteiger partial charge in [-0.25, -0.2) is 8.78 Å².